The van der Waals surface area contributed by atoms with Crippen molar-refractivity contribution >= 4 is 22.6 Å². The largest absolute Gasteiger partial charge is 0.497 e. The summed E-state index contributed by atoms with van der Waals surface area (Å²) in [6, 6.07) is 12.3. The number of rotatable bonds is 2. The number of ether oxygens (including phenoxy) is 2. The number of benzene rings is 2. The van der Waals surface area contributed by atoms with Gasteiger partial charge in [0.15, 0.2) is 0 Å². The summed E-state index contributed by atoms with van der Waals surface area (Å²) >= 11 is 0. The third kappa shape index (κ3) is 4.19. The Labute approximate surface area is 180 Å². The van der Waals surface area contributed by atoms with E-state index in [9.17, 15) is 4.79 Å². The van der Waals surface area contributed by atoms with Crippen LogP contribution in [0.2, 0.25) is 0 Å². The third-order valence-corrected chi connectivity index (χ3v) is 5.44. The molecule has 4 nitrogen and oxygen atoms in total. The minimum absolute atomic E-state index is 0.107. The van der Waals surface area contributed by atoms with Crippen LogP contribution in [0.5, 0.6) is 5.75 Å². The molecule has 4 heteroatoms. The normalized spacial score (nSPS) is 16.9. The van der Waals surface area contributed by atoms with Gasteiger partial charge in [-0.2, -0.15) is 0 Å². The first-order valence-electron chi connectivity index (χ1n) is 10.6. The Bertz CT molecular complexity index is 1000. The van der Waals surface area contributed by atoms with Crippen molar-refractivity contribution in [3.05, 3.63) is 47.5 Å². The second-order valence-electron chi connectivity index (χ2n) is 10.8. The Morgan fingerprint density at radius 2 is 1.70 bits per heavy atom. The van der Waals surface area contributed by atoms with Gasteiger partial charge in [0.25, 0.3) is 0 Å². The molecule has 0 bridgehead atoms. The Kier molecular flexibility index (Phi) is 5.43. The number of nitrogens with zero attached hydrogens (tertiary/aromatic N) is 1. The summed E-state index contributed by atoms with van der Waals surface area (Å²) in [6.07, 6.45) is -0.296. The monoisotopic (exact) mass is 409 g/mol. The lowest BCUT2D eigenvalue weighted by Crippen LogP contribution is -2.36. The van der Waals surface area contributed by atoms with Crippen molar-refractivity contribution < 1.29 is 14.3 Å². The first kappa shape index (κ1) is 22.2. The third-order valence-electron chi connectivity index (χ3n) is 5.44. The highest BCUT2D eigenvalue weighted by molar-refractivity contribution is 5.98. The standard InChI is InChI=1S/C26H35NO3/c1-24(2,3)22-21(27(16-26(22,7)8)23(28)30-25(4,5)6)20-12-10-11-17-15-18(29-9)13-14-19(17)20/h10-15H,16H2,1-9H3. The van der Waals surface area contributed by atoms with E-state index < -0.39 is 5.60 Å². The van der Waals surface area contributed by atoms with Gasteiger partial charge in [-0.05, 0) is 54.7 Å². The van der Waals surface area contributed by atoms with E-state index in [0.717, 1.165) is 27.8 Å². The fourth-order valence-electron chi connectivity index (χ4n) is 4.73. The molecule has 1 heterocycles. The highest BCUT2D eigenvalue weighted by atomic mass is 16.6. The number of amides is 1. The molecule has 0 aromatic heterocycles. The summed E-state index contributed by atoms with van der Waals surface area (Å²) in [5.41, 5.74) is 2.46. The summed E-state index contributed by atoms with van der Waals surface area (Å²) in [5, 5.41) is 2.18. The molecule has 0 fully saturated rings. The second-order valence-corrected chi connectivity index (χ2v) is 10.8. The first-order valence-corrected chi connectivity index (χ1v) is 10.6. The van der Waals surface area contributed by atoms with Crippen LogP contribution >= 0.6 is 0 Å². The van der Waals surface area contributed by atoms with Crippen molar-refractivity contribution in [2.24, 2.45) is 10.8 Å². The van der Waals surface area contributed by atoms with Gasteiger partial charge in [-0.15, -0.1) is 0 Å². The van der Waals surface area contributed by atoms with Crippen LogP contribution in [0.4, 0.5) is 4.79 Å². The van der Waals surface area contributed by atoms with E-state index in [0.29, 0.717) is 6.54 Å². The predicted octanol–water partition coefficient (Wildman–Crippen LogP) is 6.88. The van der Waals surface area contributed by atoms with Crippen LogP contribution in [0, 0.1) is 10.8 Å². The minimum atomic E-state index is -0.553. The molecule has 0 N–H and O–H groups in total. The molecular weight excluding hydrogens is 374 g/mol. The van der Waals surface area contributed by atoms with Crippen molar-refractivity contribution in [3.8, 4) is 5.75 Å². The molecule has 0 saturated carbocycles. The van der Waals surface area contributed by atoms with Crippen LogP contribution < -0.4 is 4.74 Å². The number of carbonyl (C=O) groups excluding carboxylic acids is 1. The maximum absolute atomic E-state index is 13.3. The van der Waals surface area contributed by atoms with Gasteiger partial charge in [-0.1, -0.05) is 58.9 Å². The lowest BCUT2D eigenvalue weighted by atomic mass is 9.71. The molecule has 0 aliphatic carbocycles. The highest BCUT2D eigenvalue weighted by Gasteiger charge is 2.46. The topological polar surface area (TPSA) is 38.8 Å². The maximum Gasteiger partial charge on any atom is 0.414 e. The number of fused-ring (bicyclic) bond motifs is 1. The van der Waals surface area contributed by atoms with Crippen LogP contribution in [0.15, 0.2) is 42.0 Å². The SMILES string of the molecule is COc1ccc2c(C3=C(C(C)(C)C)C(C)(C)CN3C(=O)OC(C)(C)C)cccc2c1. The molecule has 0 spiro atoms. The average molecular weight is 410 g/mol. The molecule has 1 amide bonds. The molecule has 2 aromatic carbocycles. The Morgan fingerprint density at radius 3 is 2.27 bits per heavy atom. The molecule has 162 valence electrons. The molecule has 0 atom stereocenters. The van der Waals surface area contributed by atoms with E-state index in [2.05, 4.69) is 52.8 Å². The van der Waals surface area contributed by atoms with Crippen molar-refractivity contribution in [1.29, 1.82) is 0 Å². The fourth-order valence-corrected chi connectivity index (χ4v) is 4.73. The van der Waals surface area contributed by atoms with Crippen LogP contribution in [0.1, 0.15) is 61.0 Å². The van der Waals surface area contributed by atoms with Crippen molar-refractivity contribution in [1.82, 2.24) is 4.90 Å². The van der Waals surface area contributed by atoms with Gasteiger partial charge in [-0.25, -0.2) is 4.79 Å². The molecule has 1 aliphatic rings. The average Bonchev–Trinajstić information content (AvgIpc) is 2.90. The van der Waals surface area contributed by atoms with Crippen LogP contribution in [0.25, 0.3) is 16.5 Å². The van der Waals surface area contributed by atoms with Gasteiger partial charge in [0.1, 0.15) is 11.4 Å². The predicted molar refractivity (Wildman–Crippen MR) is 124 cm³/mol. The van der Waals surface area contributed by atoms with Crippen LogP contribution in [-0.2, 0) is 4.74 Å². The molecule has 1 aliphatic heterocycles. The lowest BCUT2D eigenvalue weighted by Gasteiger charge is -2.32. The van der Waals surface area contributed by atoms with Crippen molar-refractivity contribution in [2.45, 2.75) is 61.0 Å². The lowest BCUT2D eigenvalue weighted by molar-refractivity contribution is 0.0339. The van der Waals surface area contributed by atoms with E-state index in [-0.39, 0.29) is 16.9 Å². The van der Waals surface area contributed by atoms with Crippen LogP contribution in [0.3, 0.4) is 0 Å². The second kappa shape index (κ2) is 7.33. The number of hydrogen-bond donors (Lipinski definition) is 0. The highest BCUT2D eigenvalue weighted by Crippen LogP contribution is 2.52. The van der Waals surface area contributed by atoms with Crippen molar-refractivity contribution in [2.75, 3.05) is 13.7 Å². The summed E-state index contributed by atoms with van der Waals surface area (Å²) in [6.45, 7) is 17.4. The fraction of sp³-hybridized carbons (Fsp3) is 0.500. The number of carbonyl (C=O) groups is 1. The molecule has 3 rings (SSSR count). The summed E-state index contributed by atoms with van der Waals surface area (Å²) < 4.78 is 11.2. The summed E-state index contributed by atoms with van der Waals surface area (Å²) in [7, 11) is 1.68. The molecule has 0 saturated heterocycles. The quantitative estimate of drug-likeness (QED) is 0.542. The smallest absolute Gasteiger partial charge is 0.414 e. The van der Waals surface area contributed by atoms with Gasteiger partial charge in [-0.3, -0.25) is 4.90 Å². The molecule has 30 heavy (non-hydrogen) atoms. The van der Waals surface area contributed by atoms with Gasteiger partial charge < -0.3 is 9.47 Å². The van der Waals surface area contributed by atoms with E-state index in [1.54, 1.807) is 7.11 Å². The van der Waals surface area contributed by atoms with E-state index in [1.165, 1.54) is 5.57 Å². The van der Waals surface area contributed by atoms with Gasteiger partial charge in [0, 0.05) is 17.5 Å². The zero-order chi connectivity index (χ0) is 22.5. The van der Waals surface area contributed by atoms with Gasteiger partial charge in [0.05, 0.1) is 12.8 Å². The van der Waals surface area contributed by atoms with Gasteiger partial charge >= 0.3 is 6.09 Å². The zero-order valence-electron chi connectivity index (χ0n) is 19.8. The van der Waals surface area contributed by atoms with E-state index >= 15 is 0 Å². The molecule has 0 radical (unpaired) electrons. The van der Waals surface area contributed by atoms with Crippen molar-refractivity contribution in [3.63, 3.8) is 0 Å². The van der Waals surface area contributed by atoms with E-state index in [1.807, 2.05) is 43.9 Å². The van der Waals surface area contributed by atoms with Gasteiger partial charge in [0.2, 0.25) is 0 Å². The van der Waals surface area contributed by atoms with Crippen LogP contribution in [-0.4, -0.2) is 30.2 Å². The Hall–Kier alpha value is -2.49. The Balaban J connectivity index is 2.29. The Morgan fingerprint density at radius 1 is 1.03 bits per heavy atom. The minimum Gasteiger partial charge on any atom is -0.497 e. The molecule has 0 unspecified atom stereocenters. The number of methoxy groups -OCH3 is 1. The maximum atomic E-state index is 13.3. The first-order chi connectivity index (χ1) is 13.7. The summed E-state index contributed by atoms with van der Waals surface area (Å²) in [5.74, 6) is 0.820. The zero-order valence-corrected chi connectivity index (χ0v) is 19.8. The van der Waals surface area contributed by atoms with E-state index in [4.69, 9.17) is 9.47 Å². The summed E-state index contributed by atoms with van der Waals surface area (Å²) in [4.78, 5) is 15.1. The molecular formula is C26H35NO3. The number of hydrogen-bond acceptors (Lipinski definition) is 3. The molecule has 2 aromatic rings.